The molecule has 1 saturated heterocycles. The first-order valence-corrected chi connectivity index (χ1v) is 7.45. The molecule has 0 unspecified atom stereocenters. The van der Waals surface area contributed by atoms with E-state index in [1.165, 1.54) is 5.56 Å². The standard InChI is InChI=1S/C15H21ClN2O2/c16-10-14(20)17-15(12-19)6-8-18(9-7-15)11-13-4-2-1-3-5-13/h1-5,19H,6-12H2,(H,17,20). The van der Waals surface area contributed by atoms with E-state index in [4.69, 9.17) is 11.6 Å². The van der Waals surface area contributed by atoms with Gasteiger partial charge in [0.15, 0.2) is 0 Å². The number of aliphatic hydroxyl groups is 1. The largest absolute Gasteiger partial charge is 0.394 e. The Morgan fingerprint density at radius 1 is 1.30 bits per heavy atom. The predicted molar refractivity (Wildman–Crippen MR) is 79.6 cm³/mol. The van der Waals surface area contributed by atoms with E-state index in [2.05, 4.69) is 22.3 Å². The van der Waals surface area contributed by atoms with Gasteiger partial charge < -0.3 is 10.4 Å². The monoisotopic (exact) mass is 296 g/mol. The highest BCUT2D eigenvalue weighted by molar-refractivity contribution is 6.27. The van der Waals surface area contributed by atoms with Gasteiger partial charge in [0.2, 0.25) is 5.91 Å². The highest BCUT2D eigenvalue weighted by Crippen LogP contribution is 2.23. The number of rotatable bonds is 5. The van der Waals surface area contributed by atoms with E-state index in [1.807, 2.05) is 18.2 Å². The van der Waals surface area contributed by atoms with Gasteiger partial charge in [0.1, 0.15) is 5.88 Å². The second-order valence-corrected chi connectivity index (χ2v) is 5.65. The van der Waals surface area contributed by atoms with Crippen molar-refractivity contribution >= 4 is 17.5 Å². The third-order valence-electron chi connectivity index (χ3n) is 3.89. The van der Waals surface area contributed by atoms with Crippen LogP contribution in [0.5, 0.6) is 0 Å². The van der Waals surface area contributed by atoms with E-state index in [1.54, 1.807) is 0 Å². The number of likely N-dealkylation sites (tertiary alicyclic amines) is 1. The van der Waals surface area contributed by atoms with Gasteiger partial charge in [-0.2, -0.15) is 0 Å². The lowest BCUT2D eigenvalue weighted by atomic mass is 9.88. The van der Waals surface area contributed by atoms with Crippen molar-refractivity contribution in [2.45, 2.75) is 24.9 Å². The van der Waals surface area contributed by atoms with Crippen molar-refractivity contribution < 1.29 is 9.90 Å². The van der Waals surface area contributed by atoms with Gasteiger partial charge in [-0.1, -0.05) is 30.3 Å². The van der Waals surface area contributed by atoms with Crippen LogP contribution in [-0.4, -0.2) is 47.0 Å². The lowest BCUT2D eigenvalue weighted by Gasteiger charge is -2.41. The summed E-state index contributed by atoms with van der Waals surface area (Å²) in [5, 5.41) is 12.5. The highest BCUT2D eigenvalue weighted by atomic mass is 35.5. The van der Waals surface area contributed by atoms with Crippen LogP contribution in [0.15, 0.2) is 30.3 Å². The Kier molecular flexibility index (Phi) is 5.40. The molecule has 1 aliphatic heterocycles. The summed E-state index contributed by atoms with van der Waals surface area (Å²) in [6.07, 6.45) is 1.50. The summed E-state index contributed by atoms with van der Waals surface area (Å²) in [6.45, 7) is 2.59. The molecule has 0 bridgehead atoms. The Morgan fingerprint density at radius 2 is 1.95 bits per heavy atom. The first-order valence-electron chi connectivity index (χ1n) is 6.91. The first-order chi connectivity index (χ1) is 9.67. The van der Waals surface area contributed by atoms with Crippen LogP contribution < -0.4 is 5.32 Å². The molecule has 0 spiro atoms. The number of aliphatic hydroxyl groups excluding tert-OH is 1. The van der Waals surface area contributed by atoms with E-state index in [9.17, 15) is 9.90 Å². The summed E-state index contributed by atoms with van der Waals surface area (Å²) in [4.78, 5) is 13.8. The zero-order valence-electron chi connectivity index (χ0n) is 11.5. The summed E-state index contributed by atoms with van der Waals surface area (Å²) in [6, 6.07) is 10.3. The summed E-state index contributed by atoms with van der Waals surface area (Å²) >= 11 is 5.52. The smallest absolute Gasteiger partial charge is 0.235 e. The number of benzene rings is 1. The molecule has 1 aliphatic rings. The van der Waals surface area contributed by atoms with Crippen LogP contribution in [0.1, 0.15) is 18.4 Å². The molecule has 110 valence electrons. The van der Waals surface area contributed by atoms with Crippen LogP contribution in [0, 0.1) is 0 Å². The van der Waals surface area contributed by atoms with Crippen LogP contribution in [0.2, 0.25) is 0 Å². The molecular formula is C15H21ClN2O2. The highest BCUT2D eigenvalue weighted by Gasteiger charge is 2.35. The van der Waals surface area contributed by atoms with Crippen molar-refractivity contribution in [2.75, 3.05) is 25.6 Å². The minimum absolute atomic E-state index is 0.0329. The topological polar surface area (TPSA) is 52.6 Å². The second kappa shape index (κ2) is 7.07. The van der Waals surface area contributed by atoms with Gasteiger partial charge in [-0.3, -0.25) is 9.69 Å². The molecule has 0 aliphatic carbocycles. The van der Waals surface area contributed by atoms with Crippen molar-refractivity contribution in [3.63, 3.8) is 0 Å². The first kappa shape index (κ1) is 15.3. The van der Waals surface area contributed by atoms with Crippen LogP contribution in [0.25, 0.3) is 0 Å². The third-order valence-corrected chi connectivity index (χ3v) is 4.13. The van der Waals surface area contributed by atoms with Crippen LogP contribution in [0.3, 0.4) is 0 Å². The van der Waals surface area contributed by atoms with Crippen LogP contribution >= 0.6 is 11.6 Å². The average molecular weight is 297 g/mol. The van der Waals surface area contributed by atoms with Gasteiger partial charge in [0, 0.05) is 19.6 Å². The lowest BCUT2D eigenvalue weighted by molar-refractivity contribution is -0.122. The normalized spacial score (nSPS) is 18.7. The molecule has 1 aromatic carbocycles. The number of nitrogens with zero attached hydrogens (tertiary/aromatic N) is 1. The van der Waals surface area contributed by atoms with Crippen molar-refractivity contribution in [2.24, 2.45) is 0 Å². The molecular weight excluding hydrogens is 276 g/mol. The zero-order valence-corrected chi connectivity index (χ0v) is 12.3. The van der Waals surface area contributed by atoms with Gasteiger partial charge in [-0.05, 0) is 18.4 Å². The minimum atomic E-state index is -0.501. The quantitative estimate of drug-likeness (QED) is 0.807. The molecule has 1 heterocycles. The predicted octanol–water partition coefficient (Wildman–Crippen LogP) is 1.37. The second-order valence-electron chi connectivity index (χ2n) is 5.38. The number of halogens is 1. The molecule has 2 rings (SSSR count). The molecule has 0 saturated carbocycles. The van der Waals surface area contributed by atoms with E-state index in [-0.39, 0.29) is 18.4 Å². The average Bonchev–Trinajstić information content (AvgIpc) is 2.50. The summed E-state index contributed by atoms with van der Waals surface area (Å²) < 4.78 is 0. The number of carbonyl (C=O) groups excluding carboxylic acids is 1. The fourth-order valence-electron chi connectivity index (χ4n) is 2.63. The van der Waals surface area contributed by atoms with E-state index in [0.29, 0.717) is 0 Å². The van der Waals surface area contributed by atoms with E-state index < -0.39 is 5.54 Å². The van der Waals surface area contributed by atoms with Crippen molar-refractivity contribution in [1.82, 2.24) is 10.2 Å². The maximum Gasteiger partial charge on any atom is 0.235 e. The molecule has 4 nitrogen and oxygen atoms in total. The number of nitrogens with one attached hydrogen (secondary N) is 1. The Morgan fingerprint density at radius 3 is 2.50 bits per heavy atom. The summed E-state index contributed by atoms with van der Waals surface area (Å²) in [5.41, 5.74) is 0.785. The third kappa shape index (κ3) is 3.95. The van der Waals surface area contributed by atoms with Gasteiger partial charge in [-0.15, -0.1) is 11.6 Å². The maximum absolute atomic E-state index is 11.4. The number of hydrogen-bond acceptors (Lipinski definition) is 3. The molecule has 1 aromatic rings. The van der Waals surface area contributed by atoms with Crippen LogP contribution in [0.4, 0.5) is 0 Å². The molecule has 5 heteroatoms. The van der Waals surface area contributed by atoms with Crippen LogP contribution in [-0.2, 0) is 11.3 Å². The Labute approximate surface area is 124 Å². The van der Waals surface area contributed by atoms with Crippen molar-refractivity contribution in [3.05, 3.63) is 35.9 Å². The number of hydrogen-bond donors (Lipinski definition) is 2. The molecule has 0 radical (unpaired) electrons. The van der Waals surface area contributed by atoms with E-state index in [0.717, 1.165) is 32.5 Å². The molecule has 1 amide bonds. The van der Waals surface area contributed by atoms with Crippen molar-refractivity contribution in [1.29, 1.82) is 0 Å². The Bertz CT molecular complexity index is 431. The Hall–Kier alpha value is -1.10. The molecule has 20 heavy (non-hydrogen) atoms. The van der Waals surface area contributed by atoms with Gasteiger partial charge >= 0.3 is 0 Å². The zero-order chi connectivity index (χ0) is 14.4. The number of amides is 1. The minimum Gasteiger partial charge on any atom is -0.394 e. The maximum atomic E-state index is 11.4. The number of carbonyl (C=O) groups is 1. The lowest BCUT2D eigenvalue weighted by Crippen LogP contribution is -2.57. The molecule has 0 aromatic heterocycles. The van der Waals surface area contributed by atoms with Gasteiger partial charge in [0.05, 0.1) is 12.1 Å². The van der Waals surface area contributed by atoms with Crippen molar-refractivity contribution in [3.8, 4) is 0 Å². The fraction of sp³-hybridized carbons (Fsp3) is 0.533. The molecule has 1 fully saturated rings. The Balaban J connectivity index is 1.89. The molecule has 2 N–H and O–H groups in total. The summed E-state index contributed by atoms with van der Waals surface area (Å²) in [7, 11) is 0. The molecule has 0 atom stereocenters. The number of alkyl halides is 1. The SMILES string of the molecule is O=C(CCl)NC1(CO)CCN(Cc2ccccc2)CC1. The van der Waals surface area contributed by atoms with E-state index >= 15 is 0 Å². The summed E-state index contributed by atoms with van der Waals surface area (Å²) in [5.74, 6) is -0.271. The fourth-order valence-corrected chi connectivity index (χ4v) is 2.70. The van der Waals surface area contributed by atoms with Gasteiger partial charge in [-0.25, -0.2) is 0 Å². The van der Waals surface area contributed by atoms with Gasteiger partial charge in [0.25, 0.3) is 0 Å². The number of piperidine rings is 1.